The fourth-order valence-corrected chi connectivity index (χ4v) is 5.80. The lowest BCUT2D eigenvalue weighted by Crippen LogP contribution is -2.37. The number of rotatable bonds is 3. The van der Waals surface area contributed by atoms with E-state index in [-0.39, 0.29) is 16.5 Å². The van der Waals surface area contributed by atoms with Crippen molar-refractivity contribution in [2.24, 2.45) is 16.6 Å². The number of aryl methyl sites for hydroxylation is 1. The third-order valence-corrected chi connectivity index (χ3v) is 7.11. The number of benzene rings is 1. The largest absolute Gasteiger partial charge is 0.383 e. The van der Waals surface area contributed by atoms with Crippen LogP contribution in [0.2, 0.25) is 5.02 Å². The highest BCUT2D eigenvalue weighted by molar-refractivity contribution is 8.15. The summed E-state index contributed by atoms with van der Waals surface area (Å²) >= 11 is 7.47. The Bertz CT molecular complexity index is 1080. The van der Waals surface area contributed by atoms with Gasteiger partial charge in [0.25, 0.3) is 0 Å². The van der Waals surface area contributed by atoms with Gasteiger partial charge < -0.3 is 10.5 Å². The second kappa shape index (κ2) is 7.32. The Morgan fingerprint density at radius 3 is 2.86 bits per heavy atom. The number of hydrogen-bond donors (Lipinski definition) is 1. The Labute approximate surface area is 179 Å². The van der Waals surface area contributed by atoms with Crippen molar-refractivity contribution >= 4 is 28.5 Å². The van der Waals surface area contributed by atoms with Crippen LogP contribution in [0.4, 0.5) is 4.39 Å². The first kappa shape index (κ1) is 20.2. The smallest absolute Gasteiger partial charge is 0.155 e. The molecule has 0 saturated heterocycles. The number of aliphatic imine (C=N–C) groups is 1. The van der Waals surface area contributed by atoms with E-state index in [2.05, 4.69) is 21.8 Å². The number of ether oxygens (including phenoxy) is 1. The number of thioether (sulfide) groups is 1. The maximum absolute atomic E-state index is 15.1. The quantitative estimate of drug-likeness (QED) is 0.740. The molecule has 4 nitrogen and oxygen atoms in total. The van der Waals surface area contributed by atoms with E-state index in [9.17, 15) is 0 Å². The van der Waals surface area contributed by atoms with Gasteiger partial charge in [-0.05, 0) is 50.0 Å². The van der Waals surface area contributed by atoms with E-state index in [1.165, 1.54) is 6.07 Å². The Balaban J connectivity index is 1.65. The minimum atomic E-state index is -0.710. The molecule has 0 radical (unpaired) electrons. The molecule has 0 spiro atoms. The van der Waals surface area contributed by atoms with Crippen molar-refractivity contribution in [2.45, 2.75) is 30.6 Å². The first-order valence-electron chi connectivity index (χ1n) is 9.25. The standard InChI is InChI=1S/C22H21ClFN3OS/c1-13-8-15(23)11-26-18(13)7-5-14-4-6-16(17(24)9-14)21(2)19-10-22(19,12-28-3)29-20(25)27-21/h4,6,8-9,11,19H,10,12H2,1-3H3,(H2,25,27)/t19?,21-,22-/m1/s1. The Kier molecular flexibility index (Phi) is 5.10. The Hall–Kier alpha value is -2.07. The van der Waals surface area contributed by atoms with Gasteiger partial charge in [0, 0.05) is 30.4 Å². The zero-order valence-electron chi connectivity index (χ0n) is 16.4. The molecular weight excluding hydrogens is 409 g/mol. The minimum Gasteiger partial charge on any atom is -0.383 e. The summed E-state index contributed by atoms with van der Waals surface area (Å²) in [6, 6.07) is 6.83. The Morgan fingerprint density at radius 2 is 2.17 bits per heavy atom. The van der Waals surface area contributed by atoms with Gasteiger partial charge in [-0.15, -0.1) is 0 Å². The second-order valence-electron chi connectivity index (χ2n) is 7.72. The van der Waals surface area contributed by atoms with Crippen LogP contribution in [-0.2, 0) is 10.3 Å². The van der Waals surface area contributed by atoms with Gasteiger partial charge in [-0.1, -0.05) is 35.3 Å². The van der Waals surface area contributed by atoms with Gasteiger partial charge >= 0.3 is 0 Å². The number of hydrogen-bond acceptors (Lipinski definition) is 5. The summed E-state index contributed by atoms with van der Waals surface area (Å²) < 4.78 is 20.4. The van der Waals surface area contributed by atoms with Gasteiger partial charge in [0.1, 0.15) is 11.5 Å². The highest BCUT2D eigenvalue weighted by atomic mass is 35.5. The molecule has 1 aliphatic carbocycles. The highest BCUT2D eigenvalue weighted by Gasteiger charge is 2.66. The minimum absolute atomic E-state index is 0.113. The summed E-state index contributed by atoms with van der Waals surface area (Å²) in [4.78, 5) is 8.86. The molecule has 1 aromatic carbocycles. The van der Waals surface area contributed by atoms with Crippen molar-refractivity contribution in [1.29, 1.82) is 0 Å². The molecule has 1 unspecified atom stereocenters. The molecule has 2 aromatic rings. The molecule has 1 aliphatic heterocycles. The molecule has 0 bridgehead atoms. The molecule has 1 aromatic heterocycles. The molecule has 3 atom stereocenters. The van der Waals surface area contributed by atoms with Gasteiger partial charge in [-0.2, -0.15) is 0 Å². The van der Waals surface area contributed by atoms with E-state index in [0.29, 0.717) is 33.6 Å². The zero-order chi connectivity index (χ0) is 20.8. The van der Waals surface area contributed by atoms with Crippen molar-refractivity contribution in [3.05, 3.63) is 63.7 Å². The molecule has 1 fully saturated rings. The molecule has 7 heteroatoms. The summed E-state index contributed by atoms with van der Waals surface area (Å²) in [5, 5.41) is 1.04. The van der Waals surface area contributed by atoms with Gasteiger partial charge in [0.05, 0.1) is 21.9 Å². The predicted octanol–water partition coefficient (Wildman–Crippen LogP) is 4.26. The number of pyridine rings is 1. The number of nitrogens with two attached hydrogens (primary N) is 1. The van der Waals surface area contributed by atoms with E-state index < -0.39 is 5.54 Å². The Morgan fingerprint density at radius 1 is 1.38 bits per heavy atom. The second-order valence-corrected chi connectivity index (χ2v) is 9.59. The summed E-state index contributed by atoms with van der Waals surface area (Å²) in [5.74, 6) is 5.82. The van der Waals surface area contributed by atoms with Crippen LogP contribution < -0.4 is 5.73 Å². The molecule has 29 heavy (non-hydrogen) atoms. The van der Waals surface area contributed by atoms with E-state index in [1.54, 1.807) is 37.2 Å². The van der Waals surface area contributed by atoms with Crippen LogP contribution in [0, 0.1) is 30.5 Å². The summed E-state index contributed by atoms with van der Waals surface area (Å²) in [5.41, 5.74) is 7.99. The number of nitrogens with zero attached hydrogens (tertiary/aromatic N) is 2. The van der Waals surface area contributed by atoms with Crippen LogP contribution in [0.3, 0.4) is 0 Å². The molecule has 2 aliphatic rings. The average Bonchev–Trinajstić information content (AvgIpc) is 3.36. The van der Waals surface area contributed by atoms with Crippen LogP contribution in [0.1, 0.15) is 35.7 Å². The topological polar surface area (TPSA) is 60.5 Å². The molecule has 4 rings (SSSR count). The monoisotopic (exact) mass is 429 g/mol. The third kappa shape index (κ3) is 3.63. The molecule has 150 valence electrons. The first-order valence-corrected chi connectivity index (χ1v) is 10.4. The van der Waals surface area contributed by atoms with E-state index >= 15 is 4.39 Å². The van der Waals surface area contributed by atoms with Gasteiger partial charge in [0.2, 0.25) is 0 Å². The molecule has 1 saturated carbocycles. The normalized spacial score (nSPS) is 27.5. The van der Waals surface area contributed by atoms with Crippen molar-refractivity contribution in [2.75, 3.05) is 13.7 Å². The van der Waals surface area contributed by atoms with Crippen LogP contribution in [0.5, 0.6) is 0 Å². The highest BCUT2D eigenvalue weighted by Crippen LogP contribution is 2.65. The van der Waals surface area contributed by atoms with Crippen molar-refractivity contribution in [1.82, 2.24) is 4.98 Å². The maximum Gasteiger partial charge on any atom is 0.155 e. The average molecular weight is 430 g/mol. The number of methoxy groups -OCH3 is 1. The van der Waals surface area contributed by atoms with Crippen LogP contribution in [-0.4, -0.2) is 28.6 Å². The summed E-state index contributed by atoms with van der Waals surface area (Å²) in [6.45, 7) is 4.41. The number of halogens is 2. The van der Waals surface area contributed by atoms with Crippen molar-refractivity contribution in [3.63, 3.8) is 0 Å². The number of fused-ring (bicyclic) bond motifs is 1. The van der Waals surface area contributed by atoms with Gasteiger partial charge in [0.15, 0.2) is 5.17 Å². The van der Waals surface area contributed by atoms with Crippen molar-refractivity contribution < 1.29 is 9.13 Å². The van der Waals surface area contributed by atoms with E-state index in [1.807, 2.05) is 19.9 Å². The number of amidine groups is 1. The van der Waals surface area contributed by atoms with Crippen LogP contribution >= 0.6 is 23.4 Å². The molecule has 2 heterocycles. The SMILES string of the molecule is COC[C@]12CC1[C@@](C)(c1ccc(C#Cc3ncc(Cl)cc3C)cc1F)N=C(N)S2. The van der Waals surface area contributed by atoms with Crippen LogP contribution in [0.15, 0.2) is 35.5 Å². The number of aromatic nitrogens is 1. The van der Waals surface area contributed by atoms with Crippen molar-refractivity contribution in [3.8, 4) is 11.8 Å². The summed E-state index contributed by atoms with van der Waals surface area (Å²) in [7, 11) is 1.68. The predicted molar refractivity (Wildman–Crippen MR) is 116 cm³/mol. The first-order chi connectivity index (χ1) is 13.8. The lowest BCUT2D eigenvalue weighted by Gasteiger charge is -2.34. The van der Waals surface area contributed by atoms with E-state index in [4.69, 9.17) is 22.1 Å². The molecule has 2 N–H and O–H groups in total. The molecular formula is C22H21ClFN3OS. The lowest BCUT2D eigenvalue weighted by atomic mass is 9.85. The zero-order valence-corrected chi connectivity index (χ0v) is 18.0. The lowest BCUT2D eigenvalue weighted by molar-refractivity contribution is 0.184. The summed E-state index contributed by atoms with van der Waals surface area (Å²) in [6.07, 6.45) is 2.45. The van der Waals surface area contributed by atoms with Gasteiger partial charge in [-0.3, -0.25) is 4.99 Å². The fourth-order valence-electron chi connectivity index (χ4n) is 4.14. The van der Waals surface area contributed by atoms with E-state index in [0.717, 1.165) is 12.0 Å². The third-order valence-electron chi connectivity index (χ3n) is 5.63. The maximum atomic E-state index is 15.1. The van der Waals surface area contributed by atoms with Gasteiger partial charge in [-0.25, -0.2) is 9.37 Å². The fraction of sp³-hybridized carbons (Fsp3) is 0.364. The molecule has 0 amide bonds. The van der Waals surface area contributed by atoms with Crippen LogP contribution in [0.25, 0.3) is 0 Å².